The molecule has 0 aliphatic carbocycles. The van der Waals surface area contributed by atoms with Crippen molar-refractivity contribution >= 4 is 11.6 Å². The average molecular weight is 232 g/mol. The fraction of sp³-hybridized carbons (Fsp3) is 0.545. The van der Waals surface area contributed by atoms with E-state index in [1.165, 1.54) is 6.07 Å². The summed E-state index contributed by atoms with van der Waals surface area (Å²) in [5, 5.41) is 0. The Balaban J connectivity index is 2.52. The van der Waals surface area contributed by atoms with E-state index in [0.29, 0.717) is 18.1 Å². The van der Waals surface area contributed by atoms with Crippen LogP contribution in [0.4, 0.5) is 4.39 Å². The molecular weight excluding hydrogens is 217 g/mol. The van der Waals surface area contributed by atoms with E-state index in [9.17, 15) is 4.39 Å². The lowest BCUT2D eigenvalue weighted by Gasteiger charge is -2.08. The first-order valence-corrected chi connectivity index (χ1v) is 5.64. The predicted octanol–water partition coefficient (Wildman–Crippen LogP) is 3.53. The largest absolute Gasteiger partial charge is 0.477 e. The molecule has 1 rings (SSSR count). The molecule has 0 atom stereocenters. The standard InChI is InChI=1S/C11H15ClFNO/c1-2-3-4-5-15-11-9(7-12)6-10(13)8-14-11/h6,8H,2-5,7H2,1H3. The SMILES string of the molecule is CCCCCOc1ncc(F)cc1CCl. The molecule has 84 valence electrons. The molecule has 0 aromatic carbocycles. The van der Waals surface area contributed by atoms with Crippen LogP contribution < -0.4 is 4.74 Å². The van der Waals surface area contributed by atoms with Gasteiger partial charge in [0.25, 0.3) is 0 Å². The normalized spacial score (nSPS) is 10.3. The van der Waals surface area contributed by atoms with Crippen molar-refractivity contribution in [2.75, 3.05) is 6.61 Å². The lowest BCUT2D eigenvalue weighted by atomic mass is 10.2. The highest BCUT2D eigenvalue weighted by atomic mass is 35.5. The molecule has 0 N–H and O–H groups in total. The summed E-state index contributed by atoms with van der Waals surface area (Å²) >= 11 is 5.66. The molecule has 0 saturated carbocycles. The monoisotopic (exact) mass is 231 g/mol. The van der Waals surface area contributed by atoms with E-state index >= 15 is 0 Å². The molecular formula is C11H15ClFNO. The van der Waals surface area contributed by atoms with Crippen LogP contribution in [-0.2, 0) is 5.88 Å². The molecule has 0 aliphatic heterocycles. The number of halogens is 2. The van der Waals surface area contributed by atoms with Gasteiger partial charge in [-0.2, -0.15) is 0 Å². The van der Waals surface area contributed by atoms with Crippen LogP contribution in [0.3, 0.4) is 0 Å². The van der Waals surface area contributed by atoms with Crippen LogP contribution in [0.25, 0.3) is 0 Å². The molecule has 2 nitrogen and oxygen atoms in total. The third-order valence-corrected chi connectivity index (χ3v) is 2.31. The van der Waals surface area contributed by atoms with Crippen LogP contribution in [0.5, 0.6) is 5.88 Å². The Morgan fingerprint density at radius 3 is 2.93 bits per heavy atom. The number of alkyl halides is 1. The summed E-state index contributed by atoms with van der Waals surface area (Å²) in [6, 6.07) is 1.36. The number of aromatic nitrogens is 1. The minimum Gasteiger partial charge on any atom is -0.477 e. The lowest BCUT2D eigenvalue weighted by molar-refractivity contribution is 0.291. The van der Waals surface area contributed by atoms with Crippen molar-refractivity contribution in [3.05, 3.63) is 23.6 Å². The zero-order chi connectivity index (χ0) is 11.1. The highest BCUT2D eigenvalue weighted by Gasteiger charge is 2.05. The second-order valence-corrected chi connectivity index (χ2v) is 3.57. The maximum Gasteiger partial charge on any atom is 0.217 e. The Labute approximate surface area is 94.4 Å². The van der Waals surface area contributed by atoms with E-state index in [0.717, 1.165) is 25.5 Å². The molecule has 0 bridgehead atoms. The number of hydrogen-bond donors (Lipinski definition) is 0. The number of hydrogen-bond acceptors (Lipinski definition) is 2. The van der Waals surface area contributed by atoms with Crippen molar-refractivity contribution in [3.63, 3.8) is 0 Å². The van der Waals surface area contributed by atoms with Gasteiger partial charge in [0, 0.05) is 5.56 Å². The zero-order valence-corrected chi connectivity index (χ0v) is 9.56. The first-order chi connectivity index (χ1) is 7.27. The minimum atomic E-state index is -0.383. The Morgan fingerprint density at radius 2 is 2.27 bits per heavy atom. The maximum absolute atomic E-state index is 12.8. The van der Waals surface area contributed by atoms with E-state index in [1.54, 1.807) is 0 Å². The summed E-state index contributed by atoms with van der Waals surface area (Å²) in [6.45, 7) is 2.73. The van der Waals surface area contributed by atoms with Gasteiger partial charge in [-0.25, -0.2) is 9.37 Å². The van der Waals surface area contributed by atoms with Gasteiger partial charge >= 0.3 is 0 Å². The number of rotatable bonds is 6. The van der Waals surface area contributed by atoms with Crippen LogP contribution in [0.2, 0.25) is 0 Å². The van der Waals surface area contributed by atoms with Crippen molar-refractivity contribution in [2.45, 2.75) is 32.1 Å². The third kappa shape index (κ3) is 4.04. The Bertz CT molecular complexity index is 307. The van der Waals surface area contributed by atoms with Crippen molar-refractivity contribution in [1.29, 1.82) is 0 Å². The molecule has 0 amide bonds. The second kappa shape index (κ2) is 6.62. The van der Waals surface area contributed by atoms with Gasteiger partial charge in [-0.15, -0.1) is 11.6 Å². The van der Waals surface area contributed by atoms with E-state index in [4.69, 9.17) is 16.3 Å². The third-order valence-electron chi connectivity index (χ3n) is 2.02. The van der Waals surface area contributed by atoms with Crippen LogP contribution in [0.1, 0.15) is 31.7 Å². The molecule has 1 aromatic rings. The van der Waals surface area contributed by atoms with Gasteiger partial charge in [-0.05, 0) is 12.5 Å². The number of nitrogens with zero attached hydrogens (tertiary/aromatic N) is 1. The summed E-state index contributed by atoms with van der Waals surface area (Å²) in [5.74, 6) is 0.280. The highest BCUT2D eigenvalue weighted by Crippen LogP contribution is 2.18. The maximum atomic E-state index is 12.8. The number of pyridine rings is 1. The number of unbranched alkanes of at least 4 members (excludes halogenated alkanes) is 2. The van der Waals surface area contributed by atoms with Crippen LogP contribution >= 0.6 is 11.6 Å². The van der Waals surface area contributed by atoms with E-state index in [-0.39, 0.29) is 11.7 Å². The van der Waals surface area contributed by atoms with Crippen molar-refractivity contribution in [2.24, 2.45) is 0 Å². The van der Waals surface area contributed by atoms with Crippen molar-refractivity contribution < 1.29 is 9.13 Å². The van der Waals surface area contributed by atoms with E-state index in [2.05, 4.69) is 11.9 Å². The minimum absolute atomic E-state index is 0.216. The molecule has 0 radical (unpaired) electrons. The van der Waals surface area contributed by atoms with Crippen LogP contribution in [0.15, 0.2) is 12.3 Å². The topological polar surface area (TPSA) is 22.1 Å². The first-order valence-electron chi connectivity index (χ1n) is 5.11. The van der Waals surface area contributed by atoms with Crippen LogP contribution in [0, 0.1) is 5.82 Å². The highest BCUT2D eigenvalue weighted by molar-refractivity contribution is 6.17. The molecule has 0 unspecified atom stereocenters. The predicted molar refractivity (Wildman–Crippen MR) is 58.8 cm³/mol. The summed E-state index contributed by atoms with van der Waals surface area (Å²) in [6.07, 6.45) is 4.39. The van der Waals surface area contributed by atoms with E-state index < -0.39 is 0 Å². The Morgan fingerprint density at radius 1 is 1.47 bits per heavy atom. The van der Waals surface area contributed by atoms with Gasteiger partial charge in [0.15, 0.2) is 0 Å². The van der Waals surface area contributed by atoms with Gasteiger partial charge in [0.1, 0.15) is 5.82 Å². The number of ether oxygens (including phenoxy) is 1. The second-order valence-electron chi connectivity index (χ2n) is 3.31. The van der Waals surface area contributed by atoms with E-state index in [1.807, 2.05) is 0 Å². The first kappa shape index (κ1) is 12.2. The average Bonchev–Trinajstić information content (AvgIpc) is 2.26. The molecule has 4 heteroatoms. The molecule has 0 saturated heterocycles. The summed E-state index contributed by atoms with van der Waals surface area (Å²) < 4.78 is 18.2. The van der Waals surface area contributed by atoms with Gasteiger partial charge < -0.3 is 4.74 Å². The molecule has 0 fully saturated rings. The molecule has 15 heavy (non-hydrogen) atoms. The quantitative estimate of drug-likeness (QED) is 0.552. The zero-order valence-electron chi connectivity index (χ0n) is 8.80. The smallest absolute Gasteiger partial charge is 0.217 e. The molecule has 1 heterocycles. The van der Waals surface area contributed by atoms with Crippen molar-refractivity contribution in [1.82, 2.24) is 4.98 Å². The van der Waals surface area contributed by atoms with Gasteiger partial charge in [0.05, 0.1) is 18.7 Å². The summed E-state index contributed by atoms with van der Waals surface area (Å²) in [4.78, 5) is 3.87. The van der Waals surface area contributed by atoms with Crippen molar-refractivity contribution in [3.8, 4) is 5.88 Å². The molecule has 1 aromatic heterocycles. The molecule has 0 spiro atoms. The Kier molecular flexibility index (Phi) is 5.40. The summed E-state index contributed by atoms with van der Waals surface area (Å²) in [5.41, 5.74) is 0.605. The molecule has 0 aliphatic rings. The van der Waals surface area contributed by atoms with Gasteiger partial charge in [-0.3, -0.25) is 0 Å². The van der Waals surface area contributed by atoms with Gasteiger partial charge in [0.2, 0.25) is 5.88 Å². The fourth-order valence-corrected chi connectivity index (χ4v) is 1.41. The van der Waals surface area contributed by atoms with Crippen LogP contribution in [-0.4, -0.2) is 11.6 Å². The fourth-order valence-electron chi connectivity index (χ4n) is 1.22. The lowest BCUT2D eigenvalue weighted by Crippen LogP contribution is -2.02. The van der Waals surface area contributed by atoms with Gasteiger partial charge in [-0.1, -0.05) is 19.8 Å². The summed E-state index contributed by atoms with van der Waals surface area (Å²) in [7, 11) is 0. The Hall–Kier alpha value is -0.830.